The molecule has 0 spiro atoms. The number of fused-ring (bicyclic) bond motifs is 4. The zero-order valence-electron chi connectivity index (χ0n) is 13.3. The van der Waals surface area contributed by atoms with Gasteiger partial charge in [-0.25, -0.2) is 9.97 Å². The van der Waals surface area contributed by atoms with E-state index in [-0.39, 0.29) is 18.0 Å². The summed E-state index contributed by atoms with van der Waals surface area (Å²) in [6.07, 6.45) is 4.70. The lowest BCUT2D eigenvalue weighted by atomic mass is 9.98. The van der Waals surface area contributed by atoms with Gasteiger partial charge in [-0.05, 0) is 31.9 Å². The topological polar surface area (TPSA) is 55.3 Å². The van der Waals surface area contributed by atoms with Crippen molar-refractivity contribution in [3.63, 3.8) is 0 Å². The molecule has 2 aliphatic heterocycles. The molecule has 1 amide bonds. The fourth-order valence-electron chi connectivity index (χ4n) is 3.85. The van der Waals surface area contributed by atoms with Gasteiger partial charge >= 0.3 is 0 Å². The van der Waals surface area contributed by atoms with Gasteiger partial charge in [-0.15, -0.1) is 0 Å². The number of carbonyl (C=O) groups excluding carboxylic acids is 1. The maximum absolute atomic E-state index is 13.1. The Morgan fingerprint density at radius 2 is 2.13 bits per heavy atom. The Morgan fingerprint density at radius 3 is 2.96 bits per heavy atom. The molecule has 2 atom stereocenters. The molecule has 118 valence electrons. The van der Waals surface area contributed by atoms with Crippen LogP contribution in [0.5, 0.6) is 5.75 Å². The van der Waals surface area contributed by atoms with E-state index in [4.69, 9.17) is 4.74 Å². The average molecular weight is 309 g/mol. The maximum atomic E-state index is 13.1. The molecule has 2 aliphatic rings. The number of aryl methyl sites for hydroxylation is 1. The highest BCUT2D eigenvalue weighted by atomic mass is 16.5. The largest absolute Gasteiger partial charge is 0.496 e. The van der Waals surface area contributed by atoms with Crippen LogP contribution < -0.4 is 4.74 Å². The number of carbonyl (C=O) groups is 1. The summed E-state index contributed by atoms with van der Waals surface area (Å²) in [4.78, 5) is 24.1. The Bertz CT molecular complexity index is 775. The molecule has 1 saturated heterocycles. The highest BCUT2D eigenvalue weighted by molar-refractivity contribution is 5.97. The second-order valence-electron chi connectivity index (χ2n) is 6.18. The van der Waals surface area contributed by atoms with Crippen molar-refractivity contribution in [1.29, 1.82) is 0 Å². The van der Waals surface area contributed by atoms with E-state index in [0.29, 0.717) is 11.3 Å². The predicted octanol–water partition coefficient (Wildman–Crippen LogP) is 2.70. The van der Waals surface area contributed by atoms with Gasteiger partial charge in [0, 0.05) is 24.2 Å². The third-order valence-electron chi connectivity index (χ3n) is 4.88. The number of benzene rings is 1. The molecule has 3 heterocycles. The molecular weight excluding hydrogens is 290 g/mol. The van der Waals surface area contributed by atoms with Gasteiger partial charge in [0.15, 0.2) is 0 Å². The minimum absolute atomic E-state index is 0.0428. The van der Waals surface area contributed by atoms with Crippen molar-refractivity contribution in [3.8, 4) is 5.75 Å². The fraction of sp³-hybridized carbons (Fsp3) is 0.389. The van der Waals surface area contributed by atoms with E-state index in [2.05, 4.69) is 9.97 Å². The number of para-hydroxylation sites is 1. The van der Waals surface area contributed by atoms with Crippen LogP contribution in [0, 0.1) is 6.92 Å². The fourth-order valence-corrected chi connectivity index (χ4v) is 3.85. The lowest BCUT2D eigenvalue weighted by molar-refractivity contribution is 0.0640. The molecule has 1 fully saturated rings. The van der Waals surface area contributed by atoms with E-state index < -0.39 is 0 Å². The summed E-state index contributed by atoms with van der Waals surface area (Å²) in [6.45, 7) is 1.91. The molecule has 0 radical (unpaired) electrons. The van der Waals surface area contributed by atoms with Crippen LogP contribution in [0.4, 0.5) is 0 Å². The normalized spacial score (nSPS) is 21.9. The van der Waals surface area contributed by atoms with Crippen molar-refractivity contribution >= 4 is 5.91 Å². The van der Waals surface area contributed by atoms with Crippen molar-refractivity contribution in [2.75, 3.05) is 7.11 Å². The average Bonchev–Trinajstić information content (AvgIpc) is 2.89. The molecule has 1 aromatic carbocycles. The number of hydrogen-bond acceptors (Lipinski definition) is 4. The lowest BCUT2D eigenvalue weighted by Crippen LogP contribution is -2.42. The van der Waals surface area contributed by atoms with Gasteiger partial charge < -0.3 is 9.64 Å². The number of ether oxygens (including phenoxy) is 1. The molecule has 2 unspecified atom stereocenters. The number of amides is 1. The van der Waals surface area contributed by atoms with Gasteiger partial charge in [0.2, 0.25) is 0 Å². The molecule has 2 bridgehead atoms. The molecule has 2 aromatic rings. The monoisotopic (exact) mass is 309 g/mol. The van der Waals surface area contributed by atoms with Crippen LogP contribution in [-0.2, 0) is 6.42 Å². The number of rotatable bonds is 2. The van der Waals surface area contributed by atoms with Gasteiger partial charge in [-0.2, -0.15) is 0 Å². The second-order valence-corrected chi connectivity index (χ2v) is 6.18. The molecule has 0 N–H and O–H groups in total. The number of hydrogen-bond donors (Lipinski definition) is 0. The van der Waals surface area contributed by atoms with Gasteiger partial charge in [0.05, 0.1) is 24.4 Å². The predicted molar refractivity (Wildman–Crippen MR) is 85.4 cm³/mol. The minimum atomic E-state index is 0.0428. The van der Waals surface area contributed by atoms with Crippen LogP contribution >= 0.6 is 0 Å². The van der Waals surface area contributed by atoms with Crippen LogP contribution in [0.15, 0.2) is 30.5 Å². The van der Waals surface area contributed by atoms with Crippen LogP contribution in [-0.4, -0.2) is 33.9 Å². The second kappa shape index (κ2) is 5.33. The Kier molecular flexibility index (Phi) is 3.29. The van der Waals surface area contributed by atoms with Gasteiger partial charge in [0.1, 0.15) is 11.6 Å². The highest BCUT2D eigenvalue weighted by Gasteiger charge is 2.44. The molecule has 1 aromatic heterocycles. The van der Waals surface area contributed by atoms with Crippen LogP contribution in [0.3, 0.4) is 0 Å². The van der Waals surface area contributed by atoms with E-state index >= 15 is 0 Å². The quantitative estimate of drug-likeness (QED) is 0.856. The summed E-state index contributed by atoms with van der Waals surface area (Å²) in [5.41, 5.74) is 2.84. The van der Waals surface area contributed by atoms with Gasteiger partial charge in [-0.3, -0.25) is 4.79 Å². The van der Waals surface area contributed by atoms with Crippen LogP contribution in [0.2, 0.25) is 0 Å². The highest BCUT2D eigenvalue weighted by Crippen LogP contribution is 2.44. The van der Waals surface area contributed by atoms with Crippen molar-refractivity contribution in [3.05, 3.63) is 53.1 Å². The first-order chi connectivity index (χ1) is 11.2. The molecule has 5 heteroatoms. The summed E-state index contributed by atoms with van der Waals surface area (Å²) in [5.74, 6) is 1.47. The van der Waals surface area contributed by atoms with Gasteiger partial charge in [0.25, 0.3) is 5.91 Å². The third kappa shape index (κ3) is 2.19. The Balaban J connectivity index is 1.73. The van der Waals surface area contributed by atoms with Crippen molar-refractivity contribution in [2.24, 2.45) is 0 Å². The van der Waals surface area contributed by atoms with Crippen molar-refractivity contribution in [1.82, 2.24) is 14.9 Å². The van der Waals surface area contributed by atoms with E-state index in [0.717, 1.165) is 36.3 Å². The molecule has 0 saturated carbocycles. The first-order valence-corrected chi connectivity index (χ1v) is 7.97. The first kappa shape index (κ1) is 14.2. The van der Waals surface area contributed by atoms with E-state index in [1.54, 1.807) is 7.11 Å². The Hall–Kier alpha value is -2.43. The summed E-state index contributed by atoms with van der Waals surface area (Å²) < 4.78 is 5.36. The summed E-state index contributed by atoms with van der Waals surface area (Å²) in [7, 11) is 1.60. The van der Waals surface area contributed by atoms with Crippen molar-refractivity contribution < 1.29 is 9.53 Å². The zero-order chi connectivity index (χ0) is 16.0. The zero-order valence-corrected chi connectivity index (χ0v) is 13.3. The maximum Gasteiger partial charge on any atom is 0.258 e. The van der Waals surface area contributed by atoms with Crippen LogP contribution in [0.1, 0.15) is 46.3 Å². The molecule has 23 heavy (non-hydrogen) atoms. The smallest absolute Gasteiger partial charge is 0.258 e. The standard InChI is InChI=1S/C18H19N3O2/c1-11-19-10-14-15(20-11)9-12-7-8-16(14)21(12)18(22)13-5-3-4-6-17(13)23-2/h3-6,10,12,16H,7-9H2,1-2H3. The molecule has 0 aliphatic carbocycles. The van der Waals surface area contributed by atoms with Crippen molar-refractivity contribution in [2.45, 2.75) is 38.3 Å². The van der Waals surface area contributed by atoms with Crippen LogP contribution in [0.25, 0.3) is 0 Å². The Morgan fingerprint density at radius 1 is 1.30 bits per heavy atom. The van der Waals surface area contributed by atoms with Gasteiger partial charge in [-0.1, -0.05) is 12.1 Å². The lowest BCUT2D eigenvalue weighted by Gasteiger charge is -2.36. The van der Waals surface area contributed by atoms with E-state index in [9.17, 15) is 4.79 Å². The van der Waals surface area contributed by atoms with E-state index in [1.807, 2.05) is 42.3 Å². The number of aromatic nitrogens is 2. The first-order valence-electron chi connectivity index (χ1n) is 7.97. The number of nitrogens with zero attached hydrogens (tertiary/aromatic N) is 3. The summed E-state index contributed by atoms with van der Waals surface area (Å²) in [5, 5.41) is 0. The molecule has 4 rings (SSSR count). The third-order valence-corrected chi connectivity index (χ3v) is 4.88. The summed E-state index contributed by atoms with van der Waals surface area (Å²) >= 11 is 0. The Labute approximate surface area is 135 Å². The summed E-state index contributed by atoms with van der Waals surface area (Å²) in [6, 6.07) is 7.73. The van der Waals surface area contributed by atoms with E-state index in [1.165, 1.54) is 0 Å². The molecular formula is C18H19N3O2. The SMILES string of the molecule is COc1ccccc1C(=O)N1C2CCC1c1cnc(C)nc1C2. The number of methoxy groups -OCH3 is 1. The minimum Gasteiger partial charge on any atom is -0.496 e. The molecule has 5 nitrogen and oxygen atoms in total.